The van der Waals surface area contributed by atoms with Crippen LogP contribution in [0.3, 0.4) is 0 Å². The monoisotopic (exact) mass is 826 g/mol. The van der Waals surface area contributed by atoms with Gasteiger partial charge in [-0.15, -0.1) is 5.10 Å². The van der Waals surface area contributed by atoms with E-state index >= 15 is 0 Å². The second-order valence-corrected chi connectivity index (χ2v) is 16.3. The summed E-state index contributed by atoms with van der Waals surface area (Å²) in [5.41, 5.74) is 2.80. The number of unbranched alkanes of at least 4 members (excludes halogenated alkanes) is 2. The molecule has 0 bridgehead atoms. The van der Waals surface area contributed by atoms with Gasteiger partial charge in [-0.1, -0.05) is 92.5 Å². The van der Waals surface area contributed by atoms with Crippen LogP contribution in [0.15, 0.2) is 65.8 Å². The number of amidine groups is 1. The summed E-state index contributed by atoms with van der Waals surface area (Å²) in [6.45, 7) is 20.6. The number of amides is 3. The molecule has 0 saturated heterocycles. The molecule has 3 aromatic rings. The summed E-state index contributed by atoms with van der Waals surface area (Å²) >= 11 is 0. The first-order valence-corrected chi connectivity index (χ1v) is 21.1. The average Bonchev–Trinajstić information content (AvgIpc) is 3.58. The highest BCUT2D eigenvalue weighted by Gasteiger charge is 2.34. The van der Waals surface area contributed by atoms with Crippen molar-refractivity contribution in [2.45, 2.75) is 138 Å². The highest BCUT2D eigenvalue weighted by atomic mass is 16.7. The Hall–Kier alpha value is -5.72. The number of carbonyl (C=O) groups is 5. The average molecular weight is 827 g/mol. The number of carbonyl (C=O) groups excluding carboxylic acids is 5. The molecule has 60 heavy (non-hydrogen) atoms. The lowest BCUT2D eigenvalue weighted by Crippen LogP contribution is -2.35. The molecule has 4 rings (SSSR count). The number of nitrogens with one attached hydrogen (secondary N) is 1. The molecule has 0 saturated carbocycles. The molecule has 13 heteroatoms. The van der Waals surface area contributed by atoms with Crippen LogP contribution >= 0.6 is 0 Å². The lowest BCUT2D eigenvalue weighted by atomic mass is 9.76. The largest absolute Gasteiger partial charge is 0.480 e. The van der Waals surface area contributed by atoms with Crippen LogP contribution in [0.2, 0.25) is 0 Å². The molecule has 324 valence electrons. The van der Waals surface area contributed by atoms with Gasteiger partial charge in [0.05, 0.1) is 36.4 Å². The maximum atomic E-state index is 13.5. The fourth-order valence-electron chi connectivity index (χ4n) is 6.24. The minimum absolute atomic E-state index is 0.00488. The molecule has 0 radical (unpaired) electrons. The third-order valence-electron chi connectivity index (χ3n) is 10.9. The number of nitrogens with zero attached hydrogens (tertiary/aromatic N) is 3. The van der Waals surface area contributed by atoms with Gasteiger partial charge in [0.1, 0.15) is 11.6 Å². The van der Waals surface area contributed by atoms with Gasteiger partial charge in [0.25, 0.3) is 11.8 Å². The Balaban J connectivity index is 1.51. The van der Waals surface area contributed by atoms with Gasteiger partial charge in [-0.05, 0) is 97.0 Å². The molecule has 0 spiro atoms. The lowest BCUT2D eigenvalue weighted by molar-refractivity contribution is -0.153. The van der Waals surface area contributed by atoms with E-state index in [1.54, 1.807) is 24.3 Å². The summed E-state index contributed by atoms with van der Waals surface area (Å²) in [4.78, 5) is 72.8. The van der Waals surface area contributed by atoms with E-state index in [-0.39, 0.29) is 64.8 Å². The molecule has 1 N–H and O–H groups in total. The van der Waals surface area contributed by atoms with E-state index in [9.17, 15) is 24.0 Å². The Bertz CT molecular complexity index is 2000. The van der Waals surface area contributed by atoms with E-state index < -0.39 is 29.9 Å². The molecule has 0 aromatic heterocycles. The fraction of sp³-hybridized carbons (Fsp3) is 0.489. The Kier molecular flexibility index (Phi) is 16.4. The van der Waals surface area contributed by atoms with Crippen LogP contribution < -0.4 is 19.8 Å². The van der Waals surface area contributed by atoms with Gasteiger partial charge in [0, 0.05) is 18.2 Å². The van der Waals surface area contributed by atoms with Crippen LogP contribution in [0.5, 0.6) is 11.5 Å². The van der Waals surface area contributed by atoms with E-state index in [2.05, 4.69) is 64.1 Å². The van der Waals surface area contributed by atoms with E-state index in [0.717, 1.165) is 41.3 Å². The maximum absolute atomic E-state index is 13.5. The molecule has 1 aliphatic heterocycles. The topological polar surface area (TPSA) is 153 Å². The van der Waals surface area contributed by atoms with E-state index in [1.807, 2.05) is 26.8 Å². The minimum atomic E-state index is -0.758. The number of esters is 2. The SMILES string of the molecule is CCCCOC(=O)c1cc(C(=O)OCCCC)cc(N(C(C)=O)C2=NN(Oc3ccc(NC(=O)C(CC)Oc4ccc(C(C)(C)CC)cc4C(C)(C)CC)cc3)C(=O)C2)c1. The predicted octanol–water partition coefficient (Wildman–Crippen LogP) is 9.66. The molecule has 1 heterocycles. The van der Waals surface area contributed by atoms with Crippen molar-refractivity contribution in [3.05, 3.63) is 82.9 Å². The van der Waals surface area contributed by atoms with Crippen molar-refractivity contribution in [1.29, 1.82) is 0 Å². The Labute approximate surface area is 354 Å². The van der Waals surface area contributed by atoms with Crippen molar-refractivity contribution < 1.29 is 43.0 Å². The van der Waals surface area contributed by atoms with E-state index in [4.69, 9.17) is 19.0 Å². The molecule has 13 nitrogen and oxygen atoms in total. The normalized spacial score (nSPS) is 13.3. The predicted molar refractivity (Wildman–Crippen MR) is 232 cm³/mol. The molecule has 3 amide bonds. The standard InChI is InChI=1S/C47H62N4O9/c1-11-16-24-57-44(55)32-26-33(45(56)58-25-17-12-2)28-36(27-32)50(31(6)52)41-30-42(53)51(49-41)60-37-21-19-35(20-22-37)48-43(54)39(13-3)59-40-23-18-34(46(7,8)14-4)29-38(40)47(9,10)15-5/h18-23,26-29,39H,11-17,24-25,30H2,1-10H3,(H,48,54). The quantitative estimate of drug-likeness (QED) is 0.0867. The van der Waals surface area contributed by atoms with Crippen LogP contribution in [0.4, 0.5) is 11.4 Å². The van der Waals surface area contributed by atoms with Crippen LogP contribution in [0.1, 0.15) is 152 Å². The van der Waals surface area contributed by atoms with Crippen LogP contribution in [0.25, 0.3) is 0 Å². The van der Waals surface area contributed by atoms with E-state index in [0.29, 0.717) is 30.7 Å². The first kappa shape index (κ1) is 47.0. The highest BCUT2D eigenvalue weighted by molar-refractivity contribution is 6.22. The number of hydrogen-bond acceptors (Lipinski definition) is 10. The molecule has 0 fully saturated rings. The first-order chi connectivity index (χ1) is 28.5. The first-order valence-electron chi connectivity index (χ1n) is 21.1. The molecule has 1 unspecified atom stereocenters. The molecule has 0 aliphatic carbocycles. The number of hydrazone groups is 1. The zero-order valence-electron chi connectivity index (χ0n) is 36.9. The zero-order valence-corrected chi connectivity index (χ0v) is 36.9. The third-order valence-corrected chi connectivity index (χ3v) is 10.9. The lowest BCUT2D eigenvalue weighted by Gasteiger charge is -2.31. The van der Waals surface area contributed by atoms with Crippen LogP contribution in [-0.4, -0.2) is 60.0 Å². The van der Waals surface area contributed by atoms with Gasteiger partial charge in [-0.2, -0.15) is 0 Å². The van der Waals surface area contributed by atoms with Crippen molar-refractivity contribution in [2.75, 3.05) is 23.4 Å². The van der Waals surface area contributed by atoms with Gasteiger partial charge in [0.2, 0.25) is 5.91 Å². The summed E-state index contributed by atoms with van der Waals surface area (Å²) in [7, 11) is 0. The third kappa shape index (κ3) is 11.9. The highest BCUT2D eigenvalue weighted by Crippen LogP contribution is 2.39. The number of hydroxylamine groups is 1. The molecule has 1 atom stereocenters. The van der Waals surface area contributed by atoms with Crippen LogP contribution in [0, 0.1) is 0 Å². The molecular weight excluding hydrogens is 765 g/mol. The number of benzene rings is 3. The number of hydrogen-bond donors (Lipinski definition) is 1. The number of rotatable bonds is 20. The molecule has 3 aromatic carbocycles. The van der Waals surface area contributed by atoms with Crippen molar-refractivity contribution in [2.24, 2.45) is 5.10 Å². The van der Waals surface area contributed by atoms with Gasteiger partial charge < -0.3 is 24.4 Å². The summed E-state index contributed by atoms with van der Waals surface area (Å²) < 4.78 is 17.2. The summed E-state index contributed by atoms with van der Waals surface area (Å²) in [5.74, 6) is -1.81. The minimum Gasteiger partial charge on any atom is -0.480 e. The Morgan fingerprint density at radius 2 is 1.38 bits per heavy atom. The maximum Gasteiger partial charge on any atom is 0.338 e. The van der Waals surface area contributed by atoms with Crippen molar-refractivity contribution in [1.82, 2.24) is 5.17 Å². The van der Waals surface area contributed by atoms with Crippen molar-refractivity contribution >= 4 is 46.9 Å². The van der Waals surface area contributed by atoms with Gasteiger partial charge in [-0.25, -0.2) is 9.59 Å². The van der Waals surface area contributed by atoms with Gasteiger partial charge in [0.15, 0.2) is 11.9 Å². The summed E-state index contributed by atoms with van der Waals surface area (Å²) in [6, 6.07) is 16.9. The zero-order chi connectivity index (χ0) is 44.2. The van der Waals surface area contributed by atoms with Gasteiger partial charge in [-0.3, -0.25) is 19.3 Å². The second kappa shape index (κ2) is 21.0. The number of anilines is 2. The second-order valence-electron chi connectivity index (χ2n) is 16.3. The smallest absolute Gasteiger partial charge is 0.338 e. The van der Waals surface area contributed by atoms with Gasteiger partial charge >= 0.3 is 11.9 Å². The van der Waals surface area contributed by atoms with Crippen LogP contribution in [-0.2, 0) is 34.7 Å². The fourth-order valence-corrected chi connectivity index (χ4v) is 6.24. The van der Waals surface area contributed by atoms with Crippen molar-refractivity contribution in [3.63, 3.8) is 0 Å². The Morgan fingerprint density at radius 1 is 0.800 bits per heavy atom. The Morgan fingerprint density at radius 3 is 1.90 bits per heavy atom. The molecule has 1 aliphatic rings. The van der Waals surface area contributed by atoms with Crippen molar-refractivity contribution in [3.8, 4) is 11.5 Å². The van der Waals surface area contributed by atoms with E-state index in [1.165, 1.54) is 30.7 Å². The number of ether oxygens (including phenoxy) is 3. The molecular formula is C47H62N4O9. The summed E-state index contributed by atoms with van der Waals surface area (Å²) in [6.07, 6.45) is 4.19. The summed E-state index contributed by atoms with van der Waals surface area (Å²) in [5, 5.41) is 7.99.